The Hall–Kier alpha value is -1.28. The molecule has 0 saturated carbocycles. The van der Waals surface area contributed by atoms with Crippen molar-refractivity contribution in [3.8, 4) is 5.75 Å². The molecule has 0 fully saturated rings. The number of amides is 1. The van der Waals surface area contributed by atoms with Gasteiger partial charge in [0.15, 0.2) is 0 Å². The highest BCUT2D eigenvalue weighted by molar-refractivity contribution is 14.1. The Morgan fingerprint density at radius 2 is 2.20 bits per heavy atom. The van der Waals surface area contributed by atoms with Crippen LogP contribution >= 0.6 is 33.9 Å². The van der Waals surface area contributed by atoms with E-state index in [9.17, 15) is 4.79 Å². The molecule has 4 nitrogen and oxygen atoms in total. The molecule has 2 aliphatic rings. The molecule has 1 aliphatic carbocycles. The molecule has 0 radical (unpaired) electrons. The van der Waals surface area contributed by atoms with Crippen LogP contribution in [0.25, 0.3) is 0 Å². The molecule has 0 saturated heterocycles. The minimum Gasteiger partial charge on any atom is -0.496 e. The molecule has 2 N–H and O–H groups in total. The van der Waals surface area contributed by atoms with E-state index < -0.39 is 0 Å². The van der Waals surface area contributed by atoms with Gasteiger partial charge in [-0.3, -0.25) is 4.79 Å². The molecule has 6 heteroatoms. The summed E-state index contributed by atoms with van der Waals surface area (Å²) in [6.07, 6.45) is 4.36. The number of carbonyl (C=O) groups is 1. The van der Waals surface area contributed by atoms with Gasteiger partial charge in [0, 0.05) is 4.88 Å². The predicted molar refractivity (Wildman–Crippen MR) is 110 cm³/mol. The van der Waals surface area contributed by atoms with Crippen LogP contribution in [0.1, 0.15) is 52.3 Å². The number of halogens is 1. The van der Waals surface area contributed by atoms with E-state index in [1.165, 1.54) is 23.3 Å². The van der Waals surface area contributed by atoms with E-state index >= 15 is 0 Å². The molecule has 132 valence electrons. The first kappa shape index (κ1) is 17.1. The molecular weight excluding hydrogens is 447 g/mol. The maximum atomic E-state index is 12.8. The molecule has 0 bridgehead atoms. The van der Waals surface area contributed by atoms with Crippen LogP contribution in [-0.4, -0.2) is 13.0 Å². The SMILES string of the molecule is CC[C@@H]1CCc2c(sc3c2C(=O)N[C@H](c2ccc(OC)c(I)c2)N3)C1. The van der Waals surface area contributed by atoms with Crippen molar-refractivity contribution >= 4 is 44.8 Å². The Bertz CT molecular complexity index is 833. The van der Waals surface area contributed by atoms with Crippen molar-refractivity contribution in [3.63, 3.8) is 0 Å². The number of benzene rings is 1. The Morgan fingerprint density at radius 3 is 2.92 bits per heavy atom. The Labute approximate surface area is 165 Å². The van der Waals surface area contributed by atoms with Crippen molar-refractivity contribution in [2.75, 3.05) is 12.4 Å². The zero-order chi connectivity index (χ0) is 17.6. The maximum absolute atomic E-state index is 12.8. The second-order valence-electron chi connectivity index (χ2n) is 6.67. The number of thiophene rings is 1. The number of ether oxygens (including phenoxy) is 1. The Kier molecular flexibility index (Phi) is 4.66. The normalized spacial score (nSPS) is 21.8. The average molecular weight is 468 g/mol. The second kappa shape index (κ2) is 6.79. The molecule has 1 aromatic heterocycles. The Morgan fingerprint density at radius 1 is 1.36 bits per heavy atom. The van der Waals surface area contributed by atoms with Crippen molar-refractivity contribution in [2.24, 2.45) is 5.92 Å². The summed E-state index contributed by atoms with van der Waals surface area (Å²) < 4.78 is 6.36. The predicted octanol–water partition coefficient (Wildman–Crippen LogP) is 4.73. The van der Waals surface area contributed by atoms with Crippen LogP contribution in [0.15, 0.2) is 18.2 Å². The number of nitrogens with one attached hydrogen (secondary N) is 2. The van der Waals surface area contributed by atoms with Gasteiger partial charge >= 0.3 is 0 Å². The standard InChI is InChI=1S/C19H21IN2O2S/c1-3-10-4-6-12-15(8-10)25-19-16(12)18(23)21-17(22-19)11-5-7-14(24-2)13(20)9-11/h5,7,9-10,17,22H,3-4,6,8H2,1-2H3,(H,21,23)/t10-,17+/m1/s1. The summed E-state index contributed by atoms with van der Waals surface area (Å²) >= 11 is 4.03. The van der Waals surface area contributed by atoms with Crippen LogP contribution < -0.4 is 15.4 Å². The van der Waals surface area contributed by atoms with Crippen molar-refractivity contribution in [3.05, 3.63) is 43.3 Å². The van der Waals surface area contributed by atoms with E-state index in [2.05, 4.69) is 46.2 Å². The van der Waals surface area contributed by atoms with Gasteiger partial charge < -0.3 is 15.4 Å². The largest absolute Gasteiger partial charge is 0.496 e. The van der Waals surface area contributed by atoms with Crippen LogP contribution in [0.3, 0.4) is 0 Å². The molecule has 25 heavy (non-hydrogen) atoms. The summed E-state index contributed by atoms with van der Waals surface area (Å²) in [5.41, 5.74) is 3.20. The minimum absolute atomic E-state index is 0.0528. The van der Waals surface area contributed by atoms with Gasteiger partial charge in [0.25, 0.3) is 5.91 Å². The molecule has 2 heterocycles. The summed E-state index contributed by atoms with van der Waals surface area (Å²) in [5, 5.41) is 7.70. The van der Waals surface area contributed by atoms with Crippen LogP contribution in [0.5, 0.6) is 5.75 Å². The van der Waals surface area contributed by atoms with Crippen molar-refractivity contribution < 1.29 is 9.53 Å². The smallest absolute Gasteiger partial charge is 0.256 e. The number of hydrogen-bond acceptors (Lipinski definition) is 4. The van der Waals surface area contributed by atoms with Gasteiger partial charge in [0.05, 0.1) is 16.2 Å². The van der Waals surface area contributed by atoms with Crippen LogP contribution in [0.2, 0.25) is 0 Å². The number of methoxy groups -OCH3 is 1. The molecular formula is C19H21IN2O2S. The van der Waals surface area contributed by atoms with E-state index in [1.807, 2.05) is 12.1 Å². The fourth-order valence-electron chi connectivity index (χ4n) is 3.74. The molecule has 2 atom stereocenters. The zero-order valence-electron chi connectivity index (χ0n) is 14.3. The van der Waals surface area contributed by atoms with Gasteiger partial charge in [-0.1, -0.05) is 19.4 Å². The third kappa shape index (κ3) is 3.03. The summed E-state index contributed by atoms with van der Waals surface area (Å²) in [6.45, 7) is 2.26. The Balaban J connectivity index is 1.65. The monoisotopic (exact) mass is 468 g/mol. The molecule has 4 rings (SSSR count). The number of anilines is 1. The van der Waals surface area contributed by atoms with Gasteiger partial charge in [-0.15, -0.1) is 11.3 Å². The van der Waals surface area contributed by atoms with Crippen molar-refractivity contribution in [1.82, 2.24) is 5.32 Å². The number of rotatable bonds is 3. The molecule has 1 aliphatic heterocycles. The first-order valence-electron chi connectivity index (χ1n) is 8.66. The molecule has 1 aromatic carbocycles. The van der Waals surface area contributed by atoms with E-state index in [4.69, 9.17) is 4.74 Å². The van der Waals surface area contributed by atoms with Gasteiger partial charge in [-0.25, -0.2) is 0 Å². The van der Waals surface area contributed by atoms with Gasteiger partial charge in [-0.05, 0) is 71.0 Å². The molecule has 0 spiro atoms. The van der Waals surface area contributed by atoms with Crippen LogP contribution in [0.4, 0.5) is 5.00 Å². The van der Waals surface area contributed by atoms with E-state index in [-0.39, 0.29) is 12.1 Å². The first-order valence-corrected chi connectivity index (χ1v) is 10.6. The van der Waals surface area contributed by atoms with E-state index in [0.717, 1.165) is 44.2 Å². The average Bonchev–Trinajstić information content (AvgIpc) is 2.99. The lowest BCUT2D eigenvalue weighted by atomic mass is 9.85. The first-order chi connectivity index (χ1) is 12.1. The minimum atomic E-state index is -0.193. The van der Waals surface area contributed by atoms with Crippen molar-refractivity contribution in [2.45, 2.75) is 38.8 Å². The van der Waals surface area contributed by atoms with Crippen LogP contribution in [0, 0.1) is 9.49 Å². The highest BCUT2D eigenvalue weighted by atomic mass is 127. The molecule has 0 unspecified atom stereocenters. The second-order valence-corrected chi connectivity index (χ2v) is 8.94. The van der Waals surface area contributed by atoms with Gasteiger partial charge in [0.2, 0.25) is 0 Å². The molecule has 1 amide bonds. The number of carbonyl (C=O) groups excluding carboxylic acids is 1. The van der Waals surface area contributed by atoms with E-state index in [1.54, 1.807) is 18.4 Å². The maximum Gasteiger partial charge on any atom is 0.256 e. The topological polar surface area (TPSA) is 50.4 Å². The van der Waals surface area contributed by atoms with Gasteiger partial charge in [-0.2, -0.15) is 0 Å². The lowest BCUT2D eigenvalue weighted by molar-refractivity contribution is 0.0935. The summed E-state index contributed by atoms with van der Waals surface area (Å²) in [6, 6.07) is 6.01. The fourth-order valence-corrected chi connectivity index (χ4v) is 5.89. The summed E-state index contributed by atoms with van der Waals surface area (Å²) in [7, 11) is 1.67. The van der Waals surface area contributed by atoms with Crippen LogP contribution in [-0.2, 0) is 12.8 Å². The molecule has 2 aromatic rings. The number of fused-ring (bicyclic) bond motifs is 3. The third-order valence-electron chi connectivity index (χ3n) is 5.23. The highest BCUT2D eigenvalue weighted by Gasteiger charge is 2.33. The summed E-state index contributed by atoms with van der Waals surface area (Å²) in [4.78, 5) is 14.2. The third-order valence-corrected chi connectivity index (χ3v) is 7.26. The zero-order valence-corrected chi connectivity index (χ0v) is 17.3. The number of hydrogen-bond donors (Lipinski definition) is 2. The lowest BCUT2D eigenvalue weighted by Gasteiger charge is -2.27. The quantitative estimate of drug-likeness (QED) is 0.641. The summed E-state index contributed by atoms with van der Waals surface area (Å²) in [5.74, 6) is 1.66. The van der Waals surface area contributed by atoms with Gasteiger partial charge in [0.1, 0.15) is 16.9 Å². The lowest BCUT2D eigenvalue weighted by Crippen LogP contribution is -2.38. The highest BCUT2D eigenvalue weighted by Crippen LogP contribution is 2.43. The van der Waals surface area contributed by atoms with E-state index in [0.29, 0.717) is 0 Å². The van der Waals surface area contributed by atoms with Crippen molar-refractivity contribution in [1.29, 1.82) is 0 Å². The fraction of sp³-hybridized carbons (Fsp3) is 0.421.